The highest BCUT2D eigenvalue weighted by molar-refractivity contribution is 6.41. The summed E-state index contributed by atoms with van der Waals surface area (Å²) in [5, 5.41) is 4.25. The van der Waals surface area contributed by atoms with Crippen molar-refractivity contribution in [3.05, 3.63) is 26.6 Å². The number of aromatic nitrogens is 2. The molecule has 0 aromatic carbocycles. The van der Waals surface area contributed by atoms with Crippen molar-refractivity contribution < 1.29 is 0 Å². The Balaban J connectivity index is 2.00. The first-order chi connectivity index (χ1) is 8.58. The minimum Gasteiger partial charge on any atom is -0.287 e. The summed E-state index contributed by atoms with van der Waals surface area (Å²) < 4.78 is 1.35. The second-order valence-corrected chi connectivity index (χ2v) is 5.73. The van der Waals surface area contributed by atoms with Crippen molar-refractivity contribution >= 4 is 23.2 Å². The van der Waals surface area contributed by atoms with E-state index in [0.717, 1.165) is 12.5 Å². The smallest absolute Gasteiger partial charge is 0.287 e. The molecule has 1 saturated carbocycles. The van der Waals surface area contributed by atoms with Crippen LogP contribution in [-0.4, -0.2) is 28.3 Å². The Hall–Kier alpha value is -0.580. The Labute approximate surface area is 116 Å². The molecule has 1 aliphatic rings. The maximum Gasteiger partial charge on any atom is 0.288 e. The zero-order valence-electron chi connectivity index (χ0n) is 10.4. The van der Waals surface area contributed by atoms with Gasteiger partial charge in [0.05, 0.1) is 17.9 Å². The summed E-state index contributed by atoms with van der Waals surface area (Å²) in [5.41, 5.74) is -0.331. The lowest BCUT2D eigenvalue weighted by molar-refractivity contribution is 0.212. The zero-order valence-corrected chi connectivity index (χ0v) is 11.9. The Morgan fingerprint density at radius 1 is 1.44 bits per heavy atom. The number of hydrogen-bond donors (Lipinski definition) is 0. The topological polar surface area (TPSA) is 38.1 Å². The normalized spacial score (nSPS) is 16.7. The van der Waals surface area contributed by atoms with Crippen molar-refractivity contribution in [1.82, 2.24) is 14.7 Å². The van der Waals surface area contributed by atoms with E-state index < -0.39 is 0 Å². The molecule has 1 fully saturated rings. The van der Waals surface area contributed by atoms with Gasteiger partial charge >= 0.3 is 0 Å². The predicted octanol–water partition coefficient (Wildman–Crippen LogP) is 2.63. The van der Waals surface area contributed by atoms with E-state index in [0.29, 0.717) is 6.67 Å². The molecule has 0 amide bonds. The van der Waals surface area contributed by atoms with Gasteiger partial charge in [0.15, 0.2) is 0 Å². The van der Waals surface area contributed by atoms with E-state index in [1.807, 2.05) is 7.05 Å². The van der Waals surface area contributed by atoms with Crippen LogP contribution in [0.4, 0.5) is 0 Å². The van der Waals surface area contributed by atoms with Crippen LogP contribution >= 0.6 is 23.2 Å². The third kappa shape index (κ3) is 3.25. The molecular weight excluding hydrogens is 273 g/mol. The summed E-state index contributed by atoms with van der Waals surface area (Å²) in [6, 6.07) is 0. The van der Waals surface area contributed by atoms with Gasteiger partial charge in [-0.1, -0.05) is 36.0 Å². The van der Waals surface area contributed by atoms with Gasteiger partial charge in [0.2, 0.25) is 0 Å². The van der Waals surface area contributed by atoms with Crippen molar-refractivity contribution in [2.75, 3.05) is 13.6 Å². The van der Waals surface area contributed by atoms with Gasteiger partial charge < -0.3 is 0 Å². The molecule has 4 nitrogen and oxygen atoms in total. The molecule has 0 N–H and O–H groups in total. The Bertz CT molecular complexity index is 469. The SMILES string of the molecule is CN(CC1CCCC1)Cn1ncc(Cl)c(Cl)c1=O. The van der Waals surface area contributed by atoms with Crippen molar-refractivity contribution in [2.24, 2.45) is 5.92 Å². The molecule has 1 aliphatic carbocycles. The van der Waals surface area contributed by atoms with Crippen LogP contribution in [0.1, 0.15) is 25.7 Å². The third-order valence-corrected chi connectivity index (χ3v) is 4.11. The molecule has 100 valence electrons. The first-order valence-corrected chi connectivity index (χ1v) is 6.93. The van der Waals surface area contributed by atoms with E-state index >= 15 is 0 Å². The Kier molecular flexibility index (Phi) is 4.65. The molecule has 1 aromatic rings. The minimum atomic E-state index is -0.331. The monoisotopic (exact) mass is 289 g/mol. The highest BCUT2D eigenvalue weighted by atomic mass is 35.5. The van der Waals surface area contributed by atoms with Gasteiger partial charge in [-0.3, -0.25) is 9.69 Å². The van der Waals surface area contributed by atoms with E-state index in [-0.39, 0.29) is 15.6 Å². The lowest BCUT2D eigenvalue weighted by Gasteiger charge is -2.21. The summed E-state index contributed by atoms with van der Waals surface area (Å²) in [6.45, 7) is 1.45. The summed E-state index contributed by atoms with van der Waals surface area (Å²) in [6.07, 6.45) is 6.63. The van der Waals surface area contributed by atoms with Gasteiger partial charge in [-0.25, -0.2) is 4.68 Å². The van der Waals surface area contributed by atoms with Crippen molar-refractivity contribution in [3.63, 3.8) is 0 Å². The van der Waals surface area contributed by atoms with E-state index in [1.165, 1.54) is 36.6 Å². The fourth-order valence-corrected chi connectivity index (χ4v) is 2.74. The molecule has 0 radical (unpaired) electrons. The summed E-state index contributed by atoms with van der Waals surface area (Å²) in [7, 11) is 1.99. The Morgan fingerprint density at radius 2 is 2.11 bits per heavy atom. The van der Waals surface area contributed by atoms with Crippen molar-refractivity contribution in [1.29, 1.82) is 0 Å². The van der Waals surface area contributed by atoms with Gasteiger partial charge in [0, 0.05) is 6.54 Å². The average molecular weight is 290 g/mol. The molecule has 0 aliphatic heterocycles. The van der Waals surface area contributed by atoms with Crippen LogP contribution in [0.15, 0.2) is 11.0 Å². The van der Waals surface area contributed by atoms with Crippen LogP contribution in [0.2, 0.25) is 10.0 Å². The number of halogens is 2. The highest BCUT2D eigenvalue weighted by Gasteiger charge is 2.17. The molecule has 0 atom stereocenters. The first kappa shape index (κ1) is 13.8. The minimum absolute atomic E-state index is 0.0425. The number of hydrogen-bond acceptors (Lipinski definition) is 3. The van der Waals surface area contributed by atoms with Crippen LogP contribution in [0, 0.1) is 5.92 Å². The predicted molar refractivity (Wildman–Crippen MR) is 73.1 cm³/mol. The molecule has 0 bridgehead atoms. The zero-order chi connectivity index (χ0) is 13.1. The molecule has 1 heterocycles. The van der Waals surface area contributed by atoms with E-state index in [4.69, 9.17) is 23.2 Å². The van der Waals surface area contributed by atoms with E-state index in [2.05, 4.69) is 10.00 Å². The molecule has 0 unspecified atom stereocenters. The fourth-order valence-electron chi connectivity index (χ4n) is 2.47. The molecule has 0 spiro atoms. The van der Waals surface area contributed by atoms with Crippen LogP contribution in [0.3, 0.4) is 0 Å². The lowest BCUT2D eigenvalue weighted by Crippen LogP contribution is -2.34. The fraction of sp³-hybridized carbons (Fsp3) is 0.667. The molecule has 1 aromatic heterocycles. The van der Waals surface area contributed by atoms with Crippen molar-refractivity contribution in [2.45, 2.75) is 32.4 Å². The van der Waals surface area contributed by atoms with Gasteiger partial charge in [-0.15, -0.1) is 0 Å². The van der Waals surface area contributed by atoms with Gasteiger partial charge in [-0.2, -0.15) is 5.10 Å². The van der Waals surface area contributed by atoms with Gasteiger partial charge in [-0.05, 0) is 25.8 Å². The van der Waals surface area contributed by atoms with Gasteiger partial charge in [0.1, 0.15) is 5.02 Å². The summed E-state index contributed by atoms with van der Waals surface area (Å²) >= 11 is 11.6. The maximum atomic E-state index is 11.8. The second kappa shape index (κ2) is 6.04. The highest BCUT2D eigenvalue weighted by Crippen LogP contribution is 2.25. The maximum absolute atomic E-state index is 11.8. The molecule has 6 heteroatoms. The molecule has 0 saturated heterocycles. The van der Waals surface area contributed by atoms with Gasteiger partial charge in [0.25, 0.3) is 5.56 Å². The third-order valence-electron chi connectivity index (χ3n) is 3.36. The first-order valence-electron chi connectivity index (χ1n) is 6.17. The van der Waals surface area contributed by atoms with Crippen LogP contribution in [-0.2, 0) is 6.67 Å². The van der Waals surface area contributed by atoms with Crippen molar-refractivity contribution in [3.8, 4) is 0 Å². The van der Waals surface area contributed by atoms with Crippen LogP contribution in [0.5, 0.6) is 0 Å². The van der Waals surface area contributed by atoms with Crippen LogP contribution in [0.25, 0.3) is 0 Å². The lowest BCUT2D eigenvalue weighted by atomic mass is 10.1. The average Bonchev–Trinajstić information content (AvgIpc) is 2.83. The summed E-state index contributed by atoms with van der Waals surface area (Å²) in [4.78, 5) is 13.9. The quantitative estimate of drug-likeness (QED) is 0.855. The second-order valence-electron chi connectivity index (χ2n) is 4.94. The number of rotatable bonds is 4. The molecular formula is C12H17Cl2N3O. The Morgan fingerprint density at radius 3 is 2.78 bits per heavy atom. The van der Waals surface area contributed by atoms with E-state index in [1.54, 1.807) is 0 Å². The standard InChI is InChI=1S/C12H17Cl2N3O/c1-16(7-9-4-2-3-5-9)8-17-12(18)11(14)10(13)6-15-17/h6,9H,2-5,7-8H2,1H3. The summed E-state index contributed by atoms with van der Waals surface area (Å²) in [5.74, 6) is 0.744. The largest absolute Gasteiger partial charge is 0.288 e. The molecule has 18 heavy (non-hydrogen) atoms. The van der Waals surface area contributed by atoms with E-state index in [9.17, 15) is 4.79 Å². The number of nitrogens with zero attached hydrogens (tertiary/aromatic N) is 3. The van der Waals surface area contributed by atoms with Crippen LogP contribution < -0.4 is 5.56 Å². The molecule has 2 rings (SSSR count).